The average Bonchev–Trinajstić information content (AvgIpc) is 2.30. The number of aliphatic hydroxyl groups is 1. The van der Waals surface area contributed by atoms with Crippen LogP contribution in [0.1, 0.15) is 20.3 Å². The minimum absolute atomic E-state index is 0.0298. The summed E-state index contributed by atoms with van der Waals surface area (Å²) in [6.07, 6.45) is 2.39. The number of nitrogens with zero attached hydrogens (tertiary/aromatic N) is 1. The monoisotopic (exact) mass is 236 g/mol. The molecule has 1 saturated carbocycles. The summed E-state index contributed by atoms with van der Waals surface area (Å²) in [4.78, 5) is 11.5. The molecule has 0 radical (unpaired) electrons. The Kier molecular flexibility index (Phi) is 3.35. The van der Waals surface area contributed by atoms with Gasteiger partial charge in [0.1, 0.15) is 0 Å². The molecule has 1 aliphatic carbocycles. The van der Waals surface area contributed by atoms with E-state index in [-0.39, 0.29) is 17.1 Å². The van der Waals surface area contributed by atoms with E-state index in [1.165, 1.54) is 0 Å². The largest absolute Gasteiger partial charge is 0.392 e. The lowest BCUT2D eigenvalue weighted by atomic mass is 9.64. The summed E-state index contributed by atoms with van der Waals surface area (Å²) in [5.41, 5.74) is -0.0241. The van der Waals surface area contributed by atoms with Gasteiger partial charge in [-0.15, -0.1) is 0 Å². The molecule has 4 nitrogen and oxygen atoms in total. The quantitative estimate of drug-likeness (QED) is 0.805. The molecule has 1 fully saturated rings. The molecule has 1 aromatic rings. The number of hydrogen-bond acceptors (Lipinski definition) is 3. The highest BCUT2D eigenvalue weighted by atomic mass is 16.3. The van der Waals surface area contributed by atoms with Gasteiger partial charge in [0.25, 0.3) is 5.56 Å². The minimum Gasteiger partial charge on any atom is -0.392 e. The maximum Gasteiger partial charge on any atom is 0.250 e. The van der Waals surface area contributed by atoms with Crippen LogP contribution in [0.2, 0.25) is 0 Å². The van der Waals surface area contributed by atoms with Crippen LogP contribution in [0.4, 0.5) is 0 Å². The molecule has 2 N–H and O–H groups in total. The zero-order valence-electron chi connectivity index (χ0n) is 10.4. The number of hydrogen-bond donors (Lipinski definition) is 2. The van der Waals surface area contributed by atoms with Gasteiger partial charge in [0.2, 0.25) is 0 Å². The van der Waals surface area contributed by atoms with Gasteiger partial charge < -0.3 is 15.0 Å². The standard InChI is InChI=1S/C13H20N2O2/c1-13(2)10(9-11(13)16)14-6-8-15-7-4-3-5-12(15)17/h3-5,7,10-11,14,16H,6,8-9H2,1-2H3. The van der Waals surface area contributed by atoms with E-state index in [1.807, 2.05) is 6.07 Å². The van der Waals surface area contributed by atoms with Crippen molar-refractivity contribution in [1.29, 1.82) is 0 Å². The van der Waals surface area contributed by atoms with Crippen LogP contribution in [-0.4, -0.2) is 28.4 Å². The van der Waals surface area contributed by atoms with Crippen molar-refractivity contribution in [3.05, 3.63) is 34.7 Å². The summed E-state index contributed by atoms with van der Waals surface area (Å²) >= 11 is 0. The van der Waals surface area contributed by atoms with E-state index in [0.29, 0.717) is 12.6 Å². The lowest BCUT2D eigenvalue weighted by Crippen LogP contribution is -2.60. The van der Waals surface area contributed by atoms with Crippen molar-refractivity contribution in [3.63, 3.8) is 0 Å². The van der Waals surface area contributed by atoms with Crippen LogP contribution in [0.25, 0.3) is 0 Å². The summed E-state index contributed by atoms with van der Waals surface area (Å²) in [5.74, 6) is 0. The van der Waals surface area contributed by atoms with Gasteiger partial charge in [-0.05, 0) is 12.5 Å². The predicted molar refractivity (Wildman–Crippen MR) is 66.9 cm³/mol. The van der Waals surface area contributed by atoms with Gasteiger partial charge in [0, 0.05) is 36.8 Å². The number of rotatable bonds is 4. The smallest absolute Gasteiger partial charge is 0.250 e. The second-order valence-electron chi connectivity index (χ2n) is 5.31. The lowest BCUT2D eigenvalue weighted by Gasteiger charge is -2.49. The Morgan fingerprint density at radius 2 is 2.29 bits per heavy atom. The summed E-state index contributed by atoms with van der Waals surface area (Å²) in [6, 6.07) is 5.52. The molecule has 2 unspecified atom stereocenters. The van der Waals surface area contributed by atoms with E-state index in [0.717, 1.165) is 13.0 Å². The maximum atomic E-state index is 11.5. The van der Waals surface area contributed by atoms with E-state index in [4.69, 9.17) is 0 Å². The minimum atomic E-state index is -0.209. The van der Waals surface area contributed by atoms with Crippen molar-refractivity contribution < 1.29 is 5.11 Å². The average molecular weight is 236 g/mol. The van der Waals surface area contributed by atoms with Crippen molar-refractivity contribution >= 4 is 0 Å². The molecular weight excluding hydrogens is 216 g/mol. The highest BCUT2D eigenvalue weighted by Gasteiger charge is 2.46. The Balaban J connectivity index is 1.82. The molecule has 0 saturated heterocycles. The molecule has 1 aliphatic rings. The predicted octanol–water partition coefficient (Wildman–Crippen LogP) is 0.597. The first-order valence-electron chi connectivity index (χ1n) is 6.09. The first-order chi connectivity index (χ1) is 8.01. The first-order valence-corrected chi connectivity index (χ1v) is 6.09. The summed E-state index contributed by atoms with van der Waals surface area (Å²) in [6.45, 7) is 5.55. The number of nitrogens with one attached hydrogen (secondary N) is 1. The summed E-state index contributed by atoms with van der Waals surface area (Å²) < 4.78 is 1.69. The van der Waals surface area contributed by atoms with E-state index < -0.39 is 0 Å². The van der Waals surface area contributed by atoms with Gasteiger partial charge in [-0.3, -0.25) is 4.79 Å². The van der Waals surface area contributed by atoms with Crippen molar-refractivity contribution in [3.8, 4) is 0 Å². The van der Waals surface area contributed by atoms with Crippen LogP contribution in [0.3, 0.4) is 0 Å². The molecule has 1 aromatic heterocycles. The third kappa shape index (κ3) is 2.42. The van der Waals surface area contributed by atoms with Gasteiger partial charge in [-0.1, -0.05) is 19.9 Å². The van der Waals surface area contributed by atoms with E-state index in [2.05, 4.69) is 19.2 Å². The number of aromatic nitrogens is 1. The fourth-order valence-corrected chi connectivity index (χ4v) is 2.25. The fourth-order valence-electron chi connectivity index (χ4n) is 2.25. The van der Waals surface area contributed by atoms with Gasteiger partial charge in [-0.25, -0.2) is 0 Å². The van der Waals surface area contributed by atoms with Crippen molar-refractivity contribution in [1.82, 2.24) is 9.88 Å². The Bertz CT molecular complexity index is 439. The Morgan fingerprint density at radius 3 is 2.88 bits per heavy atom. The van der Waals surface area contributed by atoms with E-state index >= 15 is 0 Å². The molecule has 4 heteroatoms. The fraction of sp³-hybridized carbons (Fsp3) is 0.615. The molecule has 2 rings (SSSR count). The first kappa shape index (κ1) is 12.3. The van der Waals surface area contributed by atoms with Crippen LogP contribution in [0, 0.1) is 5.41 Å². The topological polar surface area (TPSA) is 54.3 Å². The van der Waals surface area contributed by atoms with Gasteiger partial charge >= 0.3 is 0 Å². The van der Waals surface area contributed by atoms with Crippen molar-refractivity contribution in [2.75, 3.05) is 6.54 Å². The molecule has 0 bridgehead atoms. The number of pyridine rings is 1. The SMILES string of the molecule is CC1(C)C(O)CC1NCCn1ccccc1=O. The third-order valence-electron chi connectivity index (χ3n) is 3.86. The van der Waals surface area contributed by atoms with Gasteiger partial charge in [0.05, 0.1) is 6.10 Å². The zero-order chi connectivity index (χ0) is 12.5. The molecule has 1 heterocycles. The second-order valence-corrected chi connectivity index (χ2v) is 5.31. The molecule has 0 aromatic carbocycles. The molecule has 0 amide bonds. The van der Waals surface area contributed by atoms with Crippen LogP contribution in [-0.2, 0) is 6.54 Å². The van der Waals surface area contributed by atoms with Gasteiger partial charge in [0.15, 0.2) is 0 Å². The number of aliphatic hydroxyl groups excluding tert-OH is 1. The summed E-state index contributed by atoms with van der Waals surface area (Å²) in [5, 5.41) is 13.0. The maximum absolute atomic E-state index is 11.5. The third-order valence-corrected chi connectivity index (χ3v) is 3.86. The Hall–Kier alpha value is -1.13. The zero-order valence-corrected chi connectivity index (χ0v) is 10.4. The molecule has 94 valence electrons. The highest BCUT2D eigenvalue weighted by Crippen LogP contribution is 2.40. The Labute approximate surface area is 101 Å². The lowest BCUT2D eigenvalue weighted by molar-refractivity contribution is -0.0724. The second kappa shape index (κ2) is 4.63. The normalized spacial score (nSPS) is 26.5. The van der Waals surface area contributed by atoms with E-state index in [1.54, 1.807) is 22.9 Å². The van der Waals surface area contributed by atoms with Gasteiger partial charge in [-0.2, -0.15) is 0 Å². The van der Waals surface area contributed by atoms with Crippen LogP contribution in [0.5, 0.6) is 0 Å². The van der Waals surface area contributed by atoms with Crippen molar-refractivity contribution in [2.24, 2.45) is 5.41 Å². The van der Waals surface area contributed by atoms with Crippen LogP contribution >= 0.6 is 0 Å². The van der Waals surface area contributed by atoms with E-state index in [9.17, 15) is 9.90 Å². The van der Waals surface area contributed by atoms with Crippen molar-refractivity contribution in [2.45, 2.75) is 39.0 Å². The van der Waals surface area contributed by atoms with Crippen LogP contribution in [0.15, 0.2) is 29.2 Å². The molecule has 17 heavy (non-hydrogen) atoms. The highest BCUT2D eigenvalue weighted by molar-refractivity contribution is 5.01. The van der Waals surface area contributed by atoms with Crippen LogP contribution < -0.4 is 10.9 Å². The molecule has 0 spiro atoms. The molecule has 2 atom stereocenters. The molecule has 0 aliphatic heterocycles. The Morgan fingerprint density at radius 1 is 1.53 bits per heavy atom. The molecular formula is C13H20N2O2. The summed E-state index contributed by atoms with van der Waals surface area (Å²) in [7, 11) is 0.